The van der Waals surface area contributed by atoms with Crippen molar-refractivity contribution in [3.05, 3.63) is 42.1 Å². The van der Waals surface area contributed by atoms with Crippen LogP contribution in [0.2, 0.25) is 0 Å². The van der Waals surface area contributed by atoms with E-state index in [0.29, 0.717) is 35.2 Å². The zero-order valence-electron chi connectivity index (χ0n) is 17.2. The second kappa shape index (κ2) is 8.57. The molecule has 0 atom stereocenters. The molecule has 9 nitrogen and oxygen atoms in total. The van der Waals surface area contributed by atoms with Crippen LogP contribution in [-0.4, -0.2) is 47.5 Å². The van der Waals surface area contributed by atoms with Gasteiger partial charge in [-0.25, -0.2) is 14.4 Å². The van der Waals surface area contributed by atoms with Gasteiger partial charge < -0.3 is 20.1 Å². The summed E-state index contributed by atoms with van der Waals surface area (Å²) >= 11 is 0. The third-order valence-corrected chi connectivity index (χ3v) is 5.19. The highest BCUT2D eigenvalue weighted by atomic mass is 19.1. The summed E-state index contributed by atoms with van der Waals surface area (Å²) in [5, 5.41) is 22.1. The number of nitriles is 1. The van der Waals surface area contributed by atoms with Gasteiger partial charge in [0.05, 0.1) is 37.4 Å². The molecular weight excluding hydrogens is 401 g/mol. The van der Waals surface area contributed by atoms with E-state index in [2.05, 4.69) is 30.8 Å². The third kappa shape index (κ3) is 4.41. The minimum absolute atomic E-state index is 0.0735. The van der Waals surface area contributed by atoms with Gasteiger partial charge in [-0.1, -0.05) is 0 Å². The Balaban J connectivity index is 1.60. The molecule has 0 spiro atoms. The fourth-order valence-electron chi connectivity index (χ4n) is 3.36. The Labute approximate surface area is 178 Å². The van der Waals surface area contributed by atoms with Crippen LogP contribution in [0.4, 0.5) is 16.0 Å². The zero-order chi connectivity index (χ0) is 21.8. The molecule has 4 rings (SSSR count). The third-order valence-electron chi connectivity index (χ3n) is 5.19. The minimum Gasteiger partial charge on any atom is -0.493 e. The molecule has 1 saturated carbocycles. The van der Waals surface area contributed by atoms with Gasteiger partial charge in [-0.2, -0.15) is 10.4 Å². The topological polar surface area (TPSA) is 121 Å². The molecule has 0 unspecified atom stereocenters. The van der Waals surface area contributed by atoms with Gasteiger partial charge in [-0.05, 0) is 32.0 Å². The maximum absolute atomic E-state index is 14.5. The molecule has 3 N–H and O–H groups in total. The van der Waals surface area contributed by atoms with Gasteiger partial charge in [-0.15, -0.1) is 0 Å². The number of hydrogen-bond acceptors (Lipinski definition) is 8. The lowest BCUT2D eigenvalue weighted by Crippen LogP contribution is -2.25. The number of nitrogens with zero attached hydrogens (tertiary/aromatic N) is 4. The predicted octanol–water partition coefficient (Wildman–Crippen LogP) is 3.01. The maximum atomic E-state index is 14.5. The van der Waals surface area contributed by atoms with Gasteiger partial charge in [-0.3, -0.25) is 5.10 Å². The van der Waals surface area contributed by atoms with Crippen molar-refractivity contribution < 1.29 is 13.9 Å². The molecule has 0 radical (unpaired) electrons. The Morgan fingerprint density at radius 3 is 2.74 bits per heavy atom. The molecule has 1 aromatic carbocycles. The van der Waals surface area contributed by atoms with E-state index in [1.807, 2.05) is 13.1 Å². The highest BCUT2D eigenvalue weighted by Gasteiger charge is 2.43. The summed E-state index contributed by atoms with van der Waals surface area (Å²) in [7, 11) is 3.33. The van der Waals surface area contributed by atoms with Crippen molar-refractivity contribution in [3.63, 3.8) is 0 Å². The van der Waals surface area contributed by atoms with Crippen LogP contribution in [0.1, 0.15) is 18.5 Å². The van der Waals surface area contributed by atoms with Gasteiger partial charge in [0.2, 0.25) is 0 Å². The van der Waals surface area contributed by atoms with Crippen molar-refractivity contribution in [2.45, 2.75) is 12.8 Å². The van der Waals surface area contributed by atoms with Crippen LogP contribution in [0.15, 0.2) is 30.6 Å². The van der Waals surface area contributed by atoms with E-state index in [4.69, 9.17) is 14.7 Å². The minimum atomic E-state index is -0.497. The second-order valence-corrected chi connectivity index (χ2v) is 7.46. The van der Waals surface area contributed by atoms with Crippen molar-refractivity contribution in [2.24, 2.45) is 5.41 Å². The quantitative estimate of drug-likeness (QED) is 0.480. The van der Waals surface area contributed by atoms with Crippen molar-refractivity contribution in [3.8, 4) is 28.8 Å². The van der Waals surface area contributed by atoms with E-state index in [0.717, 1.165) is 19.4 Å². The SMILES string of the molecule is CNCC1(COc2ccc(F)c(OC)c2-c2cc(Nc3cnc(C#N)cn3)n[nH]2)CC1. The predicted molar refractivity (Wildman–Crippen MR) is 112 cm³/mol. The largest absolute Gasteiger partial charge is 0.493 e. The number of hydrogen-bond donors (Lipinski definition) is 3. The van der Waals surface area contributed by atoms with Crippen LogP contribution in [0.25, 0.3) is 11.3 Å². The van der Waals surface area contributed by atoms with Crippen LogP contribution < -0.4 is 20.1 Å². The first-order chi connectivity index (χ1) is 15.1. The summed E-state index contributed by atoms with van der Waals surface area (Å²) in [6.45, 7) is 1.39. The summed E-state index contributed by atoms with van der Waals surface area (Å²) in [5.74, 6) is 0.948. The monoisotopic (exact) mass is 423 g/mol. The van der Waals surface area contributed by atoms with Gasteiger partial charge in [0.1, 0.15) is 17.6 Å². The van der Waals surface area contributed by atoms with E-state index < -0.39 is 5.82 Å². The van der Waals surface area contributed by atoms with Crippen LogP contribution in [0.5, 0.6) is 11.5 Å². The summed E-state index contributed by atoms with van der Waals surface area (Å²) in [6.07, 6.45) is 4.97. The molecule has 2 heterocycles. The van der Waals surface area contributed by atoms with Crippen molar-refractivity contribution in [1.82, 2.24) is 25.5 Å². The van der Waals surface area contributed by atoms with E-state index in [-0.39, 0.29) is 16.9 Å². The van der Waals surface area contributed by atoms with Crippen LogP contribution in [0.3, 0.4) is 0 Å². The maximum Gasteiger partial charge on any atom is 0.167 e. The molecule has 0 saturated heterocycles. The number of nitrogens with one attached hydrogen (secondary N) is 3. The molecule has 3 aromatic rings. The first-order valence-electron chi connectivity index (χ1n) is 9.76. The first kappa shape index (κ1) is 20.6. The standard InChI is InChI=1S/C21H22FN7O2/c1-24-11-21(5-6-21)12-31-16-4-3-14(22)20(30-2)19(16)15-7-17(29-28-15)27-18-10-25-13(8-23)9-26-18/h3-4,7,9-10,24H,5-6,11-12H2,1-2H3,(H2,26,27,28,29). The van der Waals surface area contributed by atoms with Gasteiger partial charge in [0, 0.05) is 18.0 Å². The molecule has 0 aliphatic heterocycles. The molecule has 31 heavy (non-hydrogen) atoms. The van der Waals surface area contributed by atoms with Crippen LogP contribution in [0, 0.1) is 22.6 Å². The summed E-state index contributed by atoms with van der Waals surface area (Å²) in [4.78, 5) is 8.07. The molecule has 1 fully saturated rings. The van der Waals surface area contributed by atoms with E-state index in [1.165, 1.54) is 25.6 Å². The van der Waals surface area contributed by atoms with Crippen LogP contribution >= 0.6 is 0 Å². The number of methoxy groups -OCH3 is 1. The number of ether oxygens (including phenoxy) is 2. The Morgan fingerprint density at radius 1 is 1.26 bits per heavy atom. The first-order valence-corrected chi connectivity index (χ1v) is 9.76. The number of rotatable bonds is 9. The Hall–Kier alpha value is -3.71. The summed E-state index contributed by atoms with van der Waals surface area (Å²) in [5.41, 5.74) is 1.30. The average molecular weight is 423 g/mol. The fourth-order valence-corrected chi connectivity index (χ4v) is 3.36. The van der Waals surface area contributed by atoms with E-state index in [9.17, 15) is 4.39 Å². The molecule has 160 valence electrons. The number of anilines is 2. The smallest absolute Gasteiger partial charge is 0.167 e. The van der Waals surface area contributed by atoms with Gasteiger partial charge in [0.25, 0.3) is 0 Å². The van der Waals surface area contributed by atoms with Crippen LogP contribution in [-0.2, 0) is 0 Å². The Bertz CT molecular complexity index is 1100. The van der Waals surface area contributed by atoms with E-state index in [1.54, 1.807) is 12.1 Å². The normalized spacial score (nSPS) is 14.0. The molecule has 1 aliphatic carbocycles. The number of halogens is 1. The molecule has 2 aromatic heterocycles. The van der Waals surface area contributed by atoms with E-state index >= 15 is 0 Å². The second-order valence-electron chi connectivity index (χ2n) is 7.46. The summed E-state index contributed by atoms with van der Waals surface area (Å²) < 4.78 is 25.9. The summed E-state index contributed by atoms with van der Waals surface area (Å²) in [6, 6.07) is 6.54. The number of aromatic nitrogens is 4. The Kier molecular flexibility index (Phi) is 5.68. The highest BCUT2D eigenvalue weighted by molar-refractivity contribution is 5.76. The fraction of sp³-hybridized carbons (Fsp3) is 0.333. The Morgan fingerprint density at radius 2 is 2.10 bits per heavy atom. The van der Waals surface area contributed by atoms with Crippen molar-refractivity contribution >= 4 is 11.6 Å². The lowest BCUT2D eigenvalue weighted by molar-refractivity contribution is 0.231. The number of benzene rings is 1. The molecule has 10 heteroatoms. The highest BCUT2D eigenvalue weighted by Crippen LogP contribution is 2.47. The molecule has 0 amide bonds. The lowest BCUT2D eigenvalue weighted by Gasteiger charge is -2.19. The molecular formula is C21H22FN7O2. The van der Waals surface area contributed by atoms with Crippen molar-refractivity contribution in [1.29, 1.82) is 5.26 Å². The number of H-pyrrole nitrogens is 1. The van der Waals surface area contributed by atoms with Crippen molar-refractivity contribution in [2.75, 3.05) is 32.6 Å². The molecule has 1 aliphatic rings. The average Bonchev–Trinajstić information content (AvgIpc) is 3.40. The molecule has 0 bridgehead atoms. The van der Waals surface area contributed by atoms with Gasteiger partial charge in [0.15, 0.2) is 23.1 Å². The number of aromatic amines is 1. The zero-order valence-corrected chi connectivity index (χ0v) is 17.2. The van der Waals surface area contributed by atoms with Gasteiger partial charge >= 0.3 is 0 Å². The lowest BCUT2D eigenvalue weighted by atomic mass is 10.1.